The van der Waals surface area contributed by atoms with Crippen molar-refractivity contribution in [3.8, 4) is 0 Å². The molecule has 1 saturated carbocycles. The molecule has 5 heteroatoms. The third kappa shape index (κ3) is 5.73. The molecule has 0 bridgehead atoms. The van der Waals surface area contributed by atoms with Gasteiger partial charge in [0.15, 0.2) is 0 Å². The molecule has 3 N–H and O–H groups in total. The first-order chi connectivity index (χ1) is 6.24. The normalized spacial score (nSPS) is 17.0. The molecule has 0 heterocycles. The van der Waals surface area contributed by atoms with Crippen LogP contribution in [0.15, 0.2) is 0 Å². The van der Waals surface area contributed by atoms with E-state index < -0.39 is 0 Å². The Hall–Kier alpha value is 0.0700. The zero-order valence-electron chi connectivity index (χ0n) is 8.49. The predicted octanol–water partition coefficient (Wildman–Crippen LogP) is 1.01. The lowest BCUT2D eigenvalue weighted by molar-refractivity contribution is -0.120. The maximum absolute atomic E-state index is 11.2. The highest BCUT2D eigenvalue weighted by Gasteiger charge is 2.28. The van der Waals surface area contributed by atoms with E-state index >= 15 is 0 Å². The summed E-state index contributed by atoms with van der Waals surface area (Å²) in [6.45, 7) is 0.651. The Kier molecular flexibility index (Phi) is 7.41. The first-order valence-electron chi connectivity index (χ1n) is 4.75. The lowest BCUT2D eigenvalue weighted by Gasteiger charge is -2.10. The summed E-state index contributed by atoms with van der Waals surface area (Å²) in [5, 5.41) is 2.86. The molecule has 14 heavy (non-hydrogen) atoms. The molecule has 1 fully saturated rings. The van der Waals surface area contributed by atoms with Crippen molar-refractivity contribution >= 4 is 30.1 Å². The van der Waals surface area contributed by atoms with Gasteiger partial charge in [0.2, 0.25) is 5.91 Å². The van der Waals surface area contributed by atoms with Crippen LogP contribution in [0.2, 0.25) is 0 Å². The van der Waals surface area contributed by atoms with Gasteiger partial charge in [0.25, 0.3) is 0 Å². The van der Waals surface area contributed by atoms with Gasteiger partial charge in [-0.25, -0.2) is 0 Å². The smallest absolute Gasteiger partial charge is 0.220 e. The van der Waals surface area contributed by atoms with Gasteiger partial charge in [-0.3, -0.25) is 4.79 Å². The van der Waals surface area contributed by atoms with Crippen LogP contribution in [0.5, 0.6) is 0 Å². The monoisotopic (exact) mass is 238 g/mol. The molecule has 0 aliphatic heterocycles. The quantitative estimate of drug-likeness (QED) is 0.727. The Balaban J connectivity index is 0.00000169. The molecule has 0 aromatic carbocycles. The molecule has 1 rings (SSSR count). The van der Waals surface area contributed by atoms with Crippen LogP contribution in [0.25, 0.3) is 0 Å². The van der Waals surface area contributed by atoms with Crippen LogP contribution < -0.4 is 11.1 Å². The molecule has 1 aliphatic carbocycles. The average Bonchev–Trinajstić information content (AvgIpc) is 2.93. The molecule has 0 radical (unpaired) electrons. The van der Waals surface area contributed by atoms with Crippen molar-refractivity contribution in [3.63, 3.8) is 0 Å². The molecule has 0 aromatic heterocycles. The predicted molar refractivity (Wildman–Crippen MR) is 64.0 cm³/mol. The van der Waals surface area contributed by atoms with Gasteiger partial charge in [0.1, 0.15) is 0 Å². The number of amides is 1. The second kappa shape index (κ2) is 7.37. The van der Waals surface area contributed by atoms with Crippen LogP contribution in [-0.2, 0) is 4.79 Å². The second-order valence-corrected chi connectivity index (χ2v) is 4.53. The summed E-state index contributed by atoms with van der Waals surface area (Å²) in [5.41, 5.74) is 5.84. The van der Waals surface area contributed by atoms with Gasteiger partial charge in [-0.1, -0.05) is 0 Å². The number of nitrogens with two attached hydrogens (primary N) is 1. The Morgan fingerprint density at radius 1 is 1.64 bits per heavy atom. The molecule has 0 spiro atoms. The van der Waals surface area contributed by atoms with E-state index in [1.807, 2.05) is 6.26 Å². The molecular weight excluding hydrogens is 220 g/mol. The fourth-order valence-electron chi connectivity index (χ4n) is 1.21. The van der Waals surface area contributed by atoms with E-state index in [0.29, 0.717) is 18.9 Å². The van der Waals surface area contributed by atoms with E-state index in [0.717, 1.165) is 5.75 Å². The van der Waals surface area contributed by atoms with Crippen molar-refractivity contribution in [1.29, 1.82) is 0 Å². The number of carbonyl (C=O) groups excluding carboxylic acids is 1. The van der Waals surface area contributed by atoms with Crippen molar-refractivity contribution in [2.45, 2.75) is 25.3 Å². The van der Waals surface area contributed by atoms with Crippen LogP contribution in [0, 0.1) is 5.92 Å². The number of hydrogen-bond acceptors (Lipinski definition) is 3. The van der Waals surface area contributed by atoms with Crippen LogP contribution in [0.1, 0.15) is 19.3 Å². The van der Waals surface area contributed by atoms with Gasteiger partial charge >= 0.3 is 0 Å². The summed E-state index contributed by atoms with van der Waals surface area (Å²) in [7, 11) is 0. The minimum absolute atomic E-state index is 0. The molecule has 84 valence electrons. The Morgan fingerprint density at radius 3 is 2.79 bits per heavy atom. The topological polar surface area (TPSA) is 55.1 Å². The molecular formula is C9H19ClN2OS. The van der Waals surface area contributed by atoms with Crippen molar-refractivity contribution in [2.75, 3.05) is 18.6 Å². The Morgan fingerprint density at radius 2 is 2.29 bits per heavy atom. The highest BCUT2D eigenvalue weighted by atomic mass is 35.5. The lowest BCUT2D eigenvalue weighted by Crippen LogP contribution is -2.38. The third-order valence-corrected chi connectivity index (χ3v) is 2.91. The van der Waals surface area contributed by atoms with Crippen molar-refractivity contribution in [3.05, 3.63) is 0 Å². The molecule has 0 aromatic rings. The van der Waals surface area contributed by atoms with Crippen molar-refractivity contribution < 1.29 is 4.79 Å². The Labute approximate surface area is 96.0 Å². The summed E-state index contributed by atoms with van der Waals surface area (Å²) in [4.78, 5) is 11.2. The third-order valence-electron chi connectivity index (χ3n) is 2.30. The van der Waals surface area contributed by atoms with Crippen LogP contribution in [-0.4, -0.2) is 30.5 Å². The van der Waals surface area contributed by atoms with E-state index in [9.17, 15) is 4.79 Å². The first-order valence-corrected chi connectivity index (χ1v) is 6.14. The van der Waals surface area contributed by atoms with E-state index in [-0.39, 0.29) is 24.4 Å². The first kappa shape index (κ1) is 14.1. The average molecular weight is 239 g/mol. The summed E-state index contributed by atoms with van der Waals surface area (Å²) in [6, 6.07) is 0.179. The molecule has 1 aliphatic rings. The summed E-state index contributed by atoms with van der Waals surface area (Å²) in [5.74, 6) is 1.69. The highest BCUT2D eigenvalue weighted by molar-refractivity contribution is 7.98. The number of carbonyl (C=O) groups is 1. The SMILES string of the molecule is CSCCC(=O)NCC(N)C1CC1.Cl. The van der Waals surface area contributed by atoms with E-state index in [4.69, 9.17) is 5.73 Å². The van der Waals surface area contributed by atoms with E-state index in [2.05, 4.69) is 5.32 Å². The molecule has 0 saturated heterocycles. The minimum atomic E-state index is 0. The molecule has 1 atom stereocenters. The highest BCUT2D eigenvalue weighted by Crippen LogP contribution is 2.31. The Bertz CT molecular complexity index is 176. The molecule has 1 unspecified atom stereocenters. The number of thioether (sulfide) groups is 1. The standard InChI is InChI=1S/C9H18N2OS.ClH/c1-13-5-4-9(12)11-6-8(10)7-2-3-7;/h7-8H,2-6,10H2,1H3,(H,11,12);1H. The van der Waals surface area contributed by atoms with Gasteiger partial charge in [-0.15, -0.1) is 12.4 Å². The van der Waals surface area contributed by atoms with Gasteiger partial charge in [0, 0.05) is 24.8 Å². The lowest BCUT2D eigenvalue weighted by atomic mass is 10.2. The minimum Gasteiger partial charge on any atom is -0.355 e. The summed E-state index contributed by atoms with van der Waals surface area (Å²) in [6.07, 6.45) is 5.09. The maximum atomic E-state index is 11.2. The van der Waals surface area contributed by atoms with Gasteiger partial charge in [-0.2, -0.15) is 11.8 Å². The number of hydrogen-bond donors (Lipinski definition) is 2. The number of halogens is 1. The fraction of sp³-hybridized carbons (Fsp3) is 0.889. The maximum Gasteiger partial charge on any atom is 0.220 e. The summed E-state index contributed by atoms with van der Waals surface area (Å²) < 4.78 is 0. The molecule has 1 amide bonds. The zero-order chi connectivity index (χ0) is 9.68. The number of nitrogens with one attached hydrogen (secondary N) is 1. The van der Waals surface area contributed by atoms with Crippen LogP contribution in [0.3, 0.4) is 0 Å². The summed E-state index contributed by atoms with van der Waals surface area (Å²) >= 11 is 1.69. The molecule has 3 nitrogen and oxygen atoms in total. The van der Waals surface area contributed by atoms with Gasteiger partial charge < -0.3 is 11.1 Å². The van der Waals surface area contributed by atoms with E-state index in [1.165, 1.54) is 12.8 Å². The zero-order valence-corrected chi connectivity index (χ0v) is 10.1. The second-order valence-electron chi connectivity index (χ2n) is 3.55. The van der Waals surface area contributed by atoms with E-state index in [1.54, 1.807) is 11.8 Å². The van der Waals surface area contributed by atoms with Crippen LogP contribution in [0.4, 0.5) is 0 Å². The number of rotatable bonds is 6. The largest absolute Gasteiger partial charge is 0.355 e. The van der Waals surface area contributed by atoms with Crippen molar-refractivity contribution in [1.82, 2.24) is 5.32 Å². The van der Waals surface area contributed by atoms with Gasteiger partial charge in [-0.05, 0) is 25.0 Å². The van der Waals surface area contributed by atoms with Gasteiger partial charge in [0.05, 0.1) is 0 Å². The fourth-order valence-corrected chi connectivity index (χ4v) is 1.60. The van der Waals surface area contributed by atoms with Crippen molar-refractivity contribution in [2.24, 2.45) is 11.7 Å². The van der Waals surface area contributed by atoms with Crippen LogP contribution >= 0.6 is 24.2 Å².